The third-order valence-electron chi connectivity index (χ3n) is 3.10. The Morgan fingerprint density at radius 1 is 1.35 bits per heavy atom. The first-order valence-corrected chi connectivity index (χ1v) is 6.88. The van der Waals surface area contributed by atoms with E-state index in [0.717, 1.165) is 18.5 Å². The van der Waals surface area contributed by atoms with Crippen molar-refractivity contribution in [2.24, 2.45) is 0 Å². The minimum Gasteiger partial charge on any atom is -0.312 e. The van der Waals surface area contributed by atoms with Crippen LogP contribution in [0.15, 0.2) is 34.3 Å². The van der Waals surface area contributed by atoms with Crippen LogP contribution in [0.5, 0.6) is 0 Å². The van der Waals surface area contributed by atoms with E-state index in [1.165, 1.54) is 25.3 Å². The molecule has 1 N–H and O–H groups in total. The van der Waals surface area contributed by atoms with E-state index in [9.17, 15) is 4.39 Å². The van der Waals surface area contributed by atoms with E-state index in [4.69, 9.17) is 0 Å². The highest BCUT2D eigenvalue weighted by atomic mass is 79.9. The molecule has 0 saturated carbocycles. The van der Waals surface area contributed by atoms with Gasteiger partial charge in [0.25, 0.3) is 0 Å². The molecule has 1 nitrogen and oxygen atoms in total. The molecule has 0 aliphatic heterocycles. The average molecular weight is 298 g/mol. The summed E-state index contributed by atoms with van der Waals surface area (Å²) in [7, 11) is 0. The topological polar surface area (TPSA) is 12.0 Å². The maximum atomic E-state index is 13.3. The van der Waals surface area contributed by atoms with Gasteiger partial charge in [0.15, 0.2) is 0 Å². The van der Waals surface area contributed by atoms with Gasteiger partial charge in [0.2, 0.25) is 0 Å². The van der Waals surface area contributed by atoms with Crippen LogP contribution in [0.4, 0.5) is 4.39 Å². The van der Waals surface area contributed by atoms with Crippen molar-refractivity contribution in [1.82, 2.24) is 5.32 Å². The molecule has 0 atom stereocenters. The number of allylic oxidation sites excluding steroid dienone is 1. The quantitative estimate of drug-likeness (QED) is 0.635. The lowest BCUT2D eigenvalue weighted by atomic mass is 10.1. The van der Waals surface area contributed by atoms with Crippen molar-refractivity contribution in [3.8, 4) is 0 Å². The van der Waals surface area contributed by atoms with Gasteiger partial charge in [-0.1, -0.05) is 23.8 Å². The lowest BCUT2D eigenvalue weighted by molar-refractivity contribution is 0.611. The fourth-order valence-corrected chi connectivity index (χ4v) is 2.53. The van der Waals surface area contributed by atoms with Crippen LogP contribution in [0.2, 0.25) is 0 Å². The largest absolute Gasteiger partial charge is 0.312 e. The molecule has 92 valence electrons. The van der Waals surface area contributed by atoms with Gasteiger partial charge in [0.1, 0.15) is 5.82 Å². The molecule has 0 saturated heterocycles. The highest BCUT2D eigenvalue weighted by Gasteiger charge is 2.06. The fourth-order valence-electron chi connectivity index (χ4n) is 2.12. The van der Waals surface area contributed by atoms with Gasteiger partial charge < -0.3 is 5.32 Å². The molecule has 2 rings (SSSR count). The van der Waals surface area contributed by atoms with Gasteiger partial charge in [0.05, 0.1) is 4.47 Å². The zero-order chi connectivity index (χ0) is 12.1. The van der Waals surface area contributed by atoms with Crippen LogP contribution in [-0.2, 0) is 6.54 Å². The van der Waals surface area contributed by atoms with Crippen molar-refractivity contribution in [2.45, 2.75) is 32.2 Å². The molecule has 0 spiro atoms. The Kier molecular flexibility index (Phi) is 4.75. The maximum Gasteiger partial charge on any atom is 0.137 e. The summed E-state index contributed by atoms with van der Waals surface area (Å²) in [6.07, 6.45) is 7.27. The zero-order valence-corrected chi connectivity index (χ0v) is 11.4. The van der Waals surface area contributed by atoms with Crippen molar-refractivity contribution < 1.29 is 4.39 Å². The molecular formula is C14H17BrFN. The second-order valence-corrected chi connectivity index (χ2v) is 5.19. The number of hydrogen-bond acceptors (Lipinski definition) is 1. The second-order valence-electron chi connectivity index (χ2n) is 4.39. The van der Waals surface area contributed by atoms with Gasteiger partial charge in [-0.05, 0) is 59.8 Å². The Labute approximate surface area is 110 Å². The SMILES string of the molecule is Fc1cccc(CNCCC2=CCCC2)c1Br. The third-order valence-corrected chi connectivity index (χ3v) is 3.99. The first-order valence-electron chi connectivity index (χ1n) is 6.09. The predicted molar refractivity (Wildman–Crippen MR) is 72.4 cm³/mol. The molecule has 0 aromatic heterocycles. The van der Waals surface area contributed by atoms with Crippen molar-refractivity contribution in [3.63, 3.8) is 0 Å². The first kappa shape index (κ1) is 12.8. The molecule has 0 amide bonds. The Balaban J connectivity index is 1.76. The van der Waals surface area contributed by atoms with Crippen LogP contribution in [0.3, 0.4) is 0 Å². The van der Waals surface area contributed by atoms with E-state index in [1.807, 2.05) is 6.07 Å². The summed E-state index contributed by atoms with van der Waals surface area (Å²) in [5, 5.41) is 3.36. The number of nitrogens with one attached hydrogen (secondary N) is 1. The van der Waals surface area contributed by atoms with E-state index >= 15 is 0 Å². The maximum absolute atomic E-state index is 13.3. The molecule has 0 fully saturated rings. The zero-order valence-electron chi connectivity index (χ0n) is 9.81. The van der Waals surface area contributed by atoms with Crippen LogP contribution in [0.25, 0.3) is 0 Å². The molecule has 3 heteroatoms. The molecule has 1 aliphatic carbocycles. The Morgan fingerprint density at radius 2 is 2.24 bits per heavy atom. The highest BCUT2D eigenvalue weighted by Crippen LogP contribution is 2.21. The third kappa shape index (κ3) is 3.65. The van der Waals surface area contributed by atoms with E-state index in [-0.39, 0.29) is 5.82 Å². The van der Waals surface area contributed by atoms with Crippen LogP contribution in [-0.4, -0.2) is 6.54 Å². The number of benzene rings is 1. The number of rotatable bonds is 5. The van der Waals surface area contributed by atoms with Crippen molar-refractivity contribution >= 4 is 15.9 Å². The second kappa shape index (κ2) is 6.31. The average Bonchev–Trinajstić information content (AvgIpc) is 2.83. The summed E-state index contributed by atoms with van der Waals surface area (Å²) >= 11 is 3.27. The van der Waals surface area contributed by atoms with Gasteiger partial charge in [-0.15, -0.1) is 0 Å². The monoisotopic (exact) mass is 297 g/mol. The lowest BCUT2D eigenvalue weighted by Gasteiger charge is -2.07. The van der Waals surface area contributed by atoms with Crippen LogP contribution in [0.1, 0.15) is 31.2 Å². The summed E-state index contributed by atoms with van der Waals surface area (Å²) in [5.74, 6) is -0.192. The Hall–Kier alpha value is -0.670. The van der Waals surface area contributed by atoms with Gasteiger partial charge in [0, 0.05) is 6.54 Å². The van der Waals surface area contributed by atoms with Crippen LogP contribution < -0.4 is 5.32 Å². The molecule has 1 aromatic rings. The van der Waals surface area contributed by atoms with E-state index in [1.54, 1.807) is 11.6 Å². The first-order chi connectivity index (χ1) is 8.27. The van der Waals surface area contributed by atoms with E-state index in [0.29, 0.717) is 11.0 Å². The minimum absolute atomic E-state index is 0.192. The standard InChI is InChI=1S/C14H17BrFN/c15-14-12(6-3-7-13(14)16)10-17-9-8-11-4-1-2-5-11/h3-4,6-7,17H,1-2,5,8-10H2. The van der Waals surface area contributed by atoms with E-state index in [2.05, 4.69) is 27.3 Å². The summed E-state index contributed by atoms with van der Waals surface area (Å²) < 4.78 is 13.8. The van der Waals surface area contributed by atoms with Crippen molar-refractivity contribution in [2.75, 3.05) is 6.54 Å². The molecule has 1 aromatic carbocycles. The van der Waals surface area contributed by atoms with Crippen LogP contribution >= 0.6 is 15.9 Å². The smallest absolute Gasteiger partial charge is 0.137 e. The molecular weight excluding hydrogens is 281 g/mol. The normalized spacial score (nSPS) is 15.1. The fraction of sp³-hybridized carbons (Fsp3) is 0.429. The van der Waals surface area contributed by atoms with E-state index < -0.39 is 0 Å². The molecule has 0 bridgehead atoms. The molecule has 1 aliphatic rings. The van der Waals surface area contributed by atoms with Gasteiger partial charge in [-0.25, -0.2) is 4.39 Å². The van der Waals surface area contributed by atoms with Crippen molar-refractivity contribution in [3.05, 3.63) is 45.7 Å². The number of halogens is 2. The van der Waals surface area contributed by atoms with Gasteiger partial charge in [-0.2, -0.15) is 0 Å². The summed E-state index contributed by atoms with van der Waals surface area (Å²) in [6, 6.07) is 5.16. The van der Waals surface area contributed by atoms with Gasteiger partial charge >= 0.3 is 0 Å². The summed E-state index contributed by atoms with van der Waals surface area (Å²) in [6.45, 7) is 1.68. The molecule has 0 heterocycles. The Morgan fingerprint density at radius 3 is 3.00 bits per heavy atom. The lowest BCUT2D eigenvalue weighted by Crippen LogP contribution is -2.15. The number of hydrogen-bond donors (Lipinski definition) is 1. The molecule has 0 unspecified atom stereocenters. The summed E-state index contributed by atoms with van der Waals surface area (Å²) in [5.41, 5.74) is 2.54. The van der Waals surface area contributed by atoms with Crippen molar-refractivity contribution in [1.29, 1.82) is 0 Å². The minimum atomic E-state index is -0.192. The highest BCUT2D eigenvalue weighted by molar-refractivity contribution is 9.10. The summed E-state index contributed by atoms with van der Waals surface area (Å²) in [4.78, 5) is 0. The predicted octanol–water partition coefficient (Wildman–Crippen LogP) is 4.18. The van der Waals surface area contributed by atoms with Gasteiger partial charge in [-0.3, -0.25) is 0 Å². The van der Waals surface area contributed by atoms with Crippen LogP contribution in [0, 0.1) is 5.82 Å². The molecule has 17 heavy (non-hydrogen) atoms. The molecule has 0 radical (unpaired) electrons. The Bertz CT molecular complexity index is 415.